The van der Waals surface area contributed by atoms with Crippen LogP contribution in [0.1, 0.15) is 29.0 Å². The zero-order chi connectivity index (χ0) is 17.2. The Kier molecular flexibility index (Phi) is 4.19. The Morgan fingerprint density at radius 1 is 1.12 bits per heavy atom. The molecule has 1 saturated heterocycles. The summed E-state index contributed by atoms with van der Waals surface area (Å²) in [5.74, 6) is 0. The highest BCUT2D eigenvalue weighted by Crippen LogP contribution is 2.37. The summed E-state index contributed by atoms with van der Waals surface area (Å²) in [6.07, 6.45) is 7.63. The molecule has 5 nitrogen and oxygen atoms in total. The van der Waals surface area contributed by atoms with E-state index in [4.69, 9.17) is 12.2 Å². The molecule has 0 amide bonds. The molecule has 2 atom stereocenters. The second-order valence-electron chi connectivity index (χ2n) is 6.16. The largest absolute Gasteiger partial charge is 0.352 e. The first-order valence-corrected chi connectivity index (χ1v) is 8.63. The first kappa shape index (κ1) is 15.8. The van der Waals surface area contributed by atoms with Crippen LogP contribution in [-0.4, -0.2) is 31.6 Å². The molecule has 0 aliphatic carbocycles. The van der Waals surface area contributed by atoms with Crippen molar-refractivity contribution < 1.29 is 0 Å². The number of nitrogens with zero attached hydrogens (tertiary/aromatic N) is 4. The van der Waals surface area contributed by atoms with Crippen LogP contribution in [0.25, 0.3) is 0 Å². The molecule has 0 saturated carbocycles. The first-order chi connectivity index (χ1) is 12.2. The van der Waals surface area contributed by atoms with Crippen LogP contribution in [-0.2, 0) is 6.54 Å². The highest BCUT2D eigenvalue weighted by atomic mass is 32.1. The normalized spacial score (nSPS) is 19.9. The summed E-state index contributed by atoms with van der Waals surface area (Å²) in [4.78, 5) is 10.9. The van der Waals surface area contributed by atoms with Gasteiger partial charge in [0.1, 0.15) is 0 Å². The van der Waals surface area contributed by atoms with Gasteiger partial charge in [0.15, 0.2) is 5.11 Å². The Bertz CT molecular complexity index is 862. The van der Waals surface area contributed by atoms with Gasteiger partial charge in [-0.05, 0) is 48.1 Å². The third kappa shape index (κ3) is 3.00. The van der Waals surface area contributed by atoms with E-state index in [2.05, 4.69) is 49.1 Å². The average molecular weight is 349 g/mol. The van der Waals surface area contributed by atoms with E-state index in [9.17, 15) is 0 Å². The van der Waals surface area contributed by atoms with Crippen LogP contribution in [0.3, 0.4) is 0 Å². The number of nitrogens with one attached hydrogen (secondary N) is 1. The molecule has 0 radical (unpaired) electrons. The molecule has 126 valence electrons. The van der Waals surface area contributed by atoms with Crippen LogP contribution in [0, 0.1) is 0 Å². The minimum Gasteiger partial charge on any atom is -0.352 e. The van der Waals surface area contributed by atoms with E-state index in [0.717, 1.165) is 17.4 Å². The minimum absolute atomic E-state index is 0.0289. The van der Waals surface area contributed by atoms with E-state index in [1.807, 2.05) is 43.7 Å². The molecule has 0 bridgehead atoms. The highest BCUT2D eigenvalue weighted by molar-refractivity contribution is 7.80. The van der Waals surface area contributed by atoms with E-state index in [1.165, 1.54) is 11.3 Å². The predicted octanol–water partition coefficient (Wildman–Crippen LogP) is 2.93. The SMILES string of the molecule is CN1C(=S)N[C@H](c2ccccn2)[C@@H]1c1cccn1Cc1cccnc1. The molecule has 1 aliphatic heterocycles. The minimum atomic E-state index is 0.0289. The predicted molar refractivity (Wildman–Crippen MR) is 101 cm³/mol. The number of aromatic nitrogens is 3. The van der Waals surface area contributed by atoms with Crippen LogP contribution in [0.4, 0.5) is 0 Å². The molecule has 0 spiro atoms. The van der Waals surface area contributed by atoms with Gasteiger partial charge < -0.3 is 14.8 Å². The van der Waals surface area contributed by atoms with Crippen molar-refractivity contribution in [1.82, 2.24) is 24.8 Å². The van der Waals surface area contributed by atoms with Crippen molar-refractivity contribution >= 4 is 17.3 Å². The van der Waals surface area contributed by atoms with E-state index in [-0.39, 0.29) is 12.1 Å². The molecule has 3 aromatic rings. The Morgan fingerprint density at radius 2 is 2.04 bits per heavy atom. The average Bonchev–Trinajstić information content (AvgIpc) is 3.21. The molecule has 1 N–H and O–H groups in total. The summed E-state index contributed by atoms with van der Waals surface area (Å²) in [6, 6.07) is 14.4. The smallest absolute Gasteiger partial charge is 0.169 e. The van der Waals surface area contributed by atoms with Crippen LogP contribution in [0.5, 0.6) is 0 Å². The van der Waals surface area contributed by atoms with Gasteiger partial charge in [0, 0.05) is 44.1 Å². The molecular weight excluding hydrogens is 330 g/mol. The lowest BCUT2D eigenvalue weighted by Crippen LogP contribution is -2.26. The number of rotatable bonds is 4. The summed E-state index contributed by atoms with van der Waals surface area (Å²) in [6.45, 7) is 0.780. The first-order valence-electron chi connectivity index (χ1n) is 8.22. The Morgan fingerprint density at radius 3 is 2.80 bits per heavy atom. The number of likely N-dealkylation sites (N-methyl/N-ethyl adjacent to an activating group) is 1. The number of thiocarbonyl (C=S) groups is 1. The quantitative estimate of drug-likeness (QED) is 0.734. The monoisotopic (exact) mass is 349 g/mol. The van der Waals surface area contributed by atoms with Crippen molar-refractivity contribution in [2.24, 2.45) is 0 Å². The van der Waals surface area contributed by atoms with Crippen molar-refractivity contribution in [1.29, 1.82) is 0 Å². The van der Waals surface area contributed by atoms with Gasteiger partial charge in [0.25, 0.3) is 0 Å². The van der Waals surface area contributed by atoms with E-state index >= 15 is 0 Å². The van der Waals surface area contributed by atoms with Crippen LogP contribution in [0.2, 0.25) is 0 Å². The van der Waals surface area contributed by atoms with Gasteiger partial charge in [-0.1, -0.05) is 12.1 Å². The van der Waals surface area contributed by atoms with E-state index in [0.29, 0.717) is 0 Å². The second-order valence-corrected chi connectivity index (χ2v) is 6.55. The van der Waals surface area contributed by atoms with Crippen LogP contribution < -0.4 is 5.32 Å². The fourth-order valence-electron chi connectivity index (χ4n) is 3.36. The lowest BCUT2D eigenvalue weighted by molar-refractivity contribution is 0.351. The summed E-state index contributed by atoms with van der Waals surface area (Å²) >= 11 is 5.51. The summed E-state index contributed by atoms with van der Waals surface area (Å²) in [5, 5.41) is 4.16. The maximum absolute atomic E-state index is 5.51. The zero-order valence-electron chi connectivity index (χ0n) is 13.9. The van der Waals surface area contributed by atoms with Gasteiger partial charge in [-0.3, -0.25) is 9.97 Å². The molecule has 0 unspecified atom stereocenters. The molecule has 4 rings (SSSR count). The van der Waals surface area contributed by atoms with E-state index < -0.39 is 0 Å². The van der Waals surface area contributed by atoms with Crippen molar-refractivity contribution in [3.63, 3.8) is 0 Å². The fourth-order valence-corrected chi connectivity index (χ4v) is 3.60. The molecular formula is C19H19N5S. The lowest BCUT2D eigenvalue weighted by atomic mass is 10.0. The second kappa shape index (κ2) is 6.64. The van der Waals surface area contributed by atoms with Gasteiger partial charge in [-0.2, -0.15) is 0 Å². The number of hydrogen-bond donors (Lipinski definition) is 1. The van der Waals surface area contributed by atoms with E-state index in [1.54, 1.807) is 6.20 Å². The maximum atomic E-state index is 5.51. The standard InChI is InChI=1S/C19H19N5S/c1-23-18(17(22-19(23)25)15-7-2-3-10-21-15)16-8-5-11-24(16)13-14-6-4-9-20-12-14/h2-12,17-18H,13H2,1H3,(H,22,25)/t17-,18+/m1/s1. The molecule has 1 fully saturated rings. The summed E-state index contributed by atoms with van der Waals surface area (Å²) in [7, 11) is 2.03. The zero-order valence-corrected chi connectivity index (χ0v) is 14.7. The van der Waals surface area contributed by atoms with Gasteiger partial charge in [0.05, 0.1) is 17.8 Å². The Labute approximate surface area is 152 Å². The molecule has 3 aromatic heterocycles. The summed E-state index contributed by atoms with van der Waals surface area (Å²) < 4.78 is 2.25. The molecule has 6 heteroatoms. The lowest BCUT2D eigenvalue weighted by Gasteiger charge is -2.25. The van der Waals surface area contributed by atoms with Crippen molar-refractivity contribution in [3.8, 4) is 0 Å². The van der Waals surface area contributed by atoms with Crippen LogP contribution in [0.15, 0.2) is 67.3 Å². The number of pyridine rings is 2. The third-order valence-electron chi connectivity index (χ3n) is 4.58. The van der Waals surface area contributed by atoms with Gasteiger partial charge in [-0.25, -0.2) is 0 Å². The van der Waals surface area contributed by atoms with Crippen molar-refractivity contribution in [2.75, 3.05) is 7.05 Å². The fraction of sp³-hybridized carbons (Fsp3) is 0.211. The van der Waals surface area contributed by atoms with Crippen LogP contribution >= 0.6 is 12.2 Å². The highest BCUT2D eigenvalue weighted by Gasteiger charge is 2.38. The third-order valence-corrected chi connectivity index (χ3v) is 4.99. The molecule has 25 heavy (non-hydrogen) atoms. The maximum Gasteiger partial charge on any atom is 0.169 e. The molecule has 1 aliphatic rings. The van der Waals surface area contributed by atoms with Gasteiger partial charge in [0.2, 0.25) is 0 Å². The Hall–Kier alpha value is -2.73. The van der Waals surface area contributed by atoms with Gasteiger partial charge >= 0.3 is 0 Å². The Balaban J connectivity index is 1.70. The topological polar surface area (TPSA) is 46.0 Å². The van der Waals surface area contributed by atoms with Crippen molar-refractivity contribution in [2.45, 2.75) is 18.6 Å². The summed E-state index contributed by atoms with van der Waals surface area (Å²) in [5.41, 5.74) is 3.37. The van der Waals surface area contributed by atoms with Gasteiger partial charge in [-0.15, -0.1) is 0 Å². The molecule has 0 aromatic carbocycles. The van der Waals surface area contributed by atoms with Crippen molar-refractivity contribution in [3.05, 3.63) is 84.2 Å². The number of hydrogen-bond acceptors (Lipinski definition) is 3. The molecule has 4 heterocycles.